The Labute approximate surface area is 134 Å². The van der Waals surface area contributed by atoms with Gasteiger partial charge in [0.05, 0.1) is 6.04 Å². The van der Waals surface area contributed by atoms with Crippen LogP contribution in [0.15, 0.2) is 60.7 Å². The quantitative estimate of drug-likeness (QED) is 0.623. The SMILES string of the molecule is N#CC(O)(C(=O)OCc1ccccc1)[C@H](N)Cc1ccccc1. The number of nitrogens with zero attached hydrogens (tertiary/aromatic N) is 1. The van der Waals surface area contributed by atoms with Gasteiger partial charge in [-0.05, 0) is 17.5 Å². The minimum absolute atomic E-state index is 0.0261. The molecular weight excluding hydrogens is 292 g/mol. The molecule has 0 saturated heterocycles. The summed E-state index contributed by atoms with van der Waals surface area (Å²) in [5, 5.41) is 19.6. The molecule has 1 unspecified atom stereocenters. The first-order valence-electron chi connectivity index (χ1n) is 7.20. The first-order valence-corrected chi connectivity index (χ1v) is 7.20. The van der Waals surface area contributed by atoms with Gasteiger partial charge >= 0.3 is 5.97 Å². The van der Waals surface area contributed by atoms with E-state index in [1.165, 1.54) is 0 Å². The molecule has 0 aromatic heterocycles. The zero-order valence-corrected chi connectivity index (χ0v) is 12.6. The summed E-state index contributed by atoms with van der Waals surface area (Å²) in [4.78, 5) is 12.1. The number of nitrogens with two attached hydrogens (primary N) is 1. The number of esters is 1. The lowest BCUT2D eigenvalue weighted by atomic mass is 9.91. The summed E-state index contributed by atoms with van der Waals surface area (Å²) < 4.78 is 5.05. The van der Waals surface area contributed by atoms with E-state index in [0.29, 0.717) is 0 Å². The molecule has 118 valence electrons. The predicted molar refractivity (Wildman–Crippen MR) is 84.9 cm³/mol. The highest BCUT2D eigenvalue weighted by Crippen LogP contribution is 2.16. The zero-order valence-electron chi connectivity index (χ0n) is 12.6. The standard InChI is InChI=1S/C18H18N2O3/c19-13-18(22,16(20)11-14-7-3-1-4-8-14)17(21)23-12-15-9-5-2-6-10-15/h1-10,16,22H,11-12,20H2/t16-,18?/m1/s1. The molecule has 0 saturated carbocycles. The lowest BCUT2D eigenvalue weighted by Crippen LogP contribution is -2.54. The Morgan fingerprint density at radius 1 is 1.13 bits per heavy atom. The molecule has 0 bridgehead atoms. The highest BCUT2D eigenvalue weighted by atomic mass is 16.5. The fraction of sp³-hybridized carbons (Fsp3) is 0.222. The maximum Gasteiger partial charge on any atom is 0.355 e. The Hall–Kier alpha value is -2.68. The van der Waals surface area contributed by atoms with Gasteiger partial charge < -0.3 is 15.6 Å². The van der Waals surface area contributed by atoms with Crippen molar-refractivity contribution in [3.63, 3.8) is 0 Å². The number of nitriles is 1. The minimum atomic E-state index is -2.38. The summed E-state index contributed by atoms with van der Waals surface area (Å²) >= 11 is 0. The molecule has 0 aliphatic rings. The molecule has 0 aliphatic carbocycles. The fourth-order valence-electron chi connectivity index (χ4n) is 2.13. The number of carbonyl (C=O) groups excluding carboxylic acids is 1. The van der Waals surface area contributed by atoms with E-state index in [2.05, 4.69) is 0 Å². The van der Waals surface area contributed by atoms with Gasteiger partial charge in [-0.2, -0.15) is 5.26 Å². The highest BCUT2D eigenvalue weighted by molar-refractivity contribution is 5.83. The minimum Gasteiger partial charge on any atom is -0.458 e. The summed E-state index contributed by atoms with van der Waals surface area (Å²) in [5.41, 5.74) is 5.09. The van der Waals surface area contributed by atoms with Gasteiger partial charge in [0, 0.05) is 0 Å². The Morgan fingerprint density at radius 3 is 2.17 bits per heavy atom. The fourth-order valence-corrected chi connectivity index (χ4v) is 2.13. The van der Waals surface area contributed by atoms with Crippen LogP contribution in [0.2, 0.25) is 0 Å². The molecule has 2 aromatic rings. The smallest absolute Gasteiger partial charge is 0.355 e. The molecule has 0 radical (unpaired) electrons. The molecule has 3 N–H and O–H groups in total. The van der Waals surface area contributed by atoms with Crippen molar-refractivity contribution >= 4 is 5.97 Å². The van der Waals surface area contributed by atoms with Gasteiger partial charge in [0.2, 0.25) is 0 Å². The van der Waals surface area contributed by atoms with E-state index in [9.17, 15) is 15.2 Å². The van der Waals surface area contributed by atoms with Crippen molar-refractivity contribution in [1.29, 1.82) is 5.26 Å². The molecule has 0 spiro atoms. The number of rotatable bonds is 6. The van der Waals surface area contributed by atoms with Gasteiger partial charge in [-0.15, -0.1) is 0 Å². The second-order valence-electron chi connectivity index (χ2n) is 5.24. The Bertz CT molecular complexity index is 682. The normalized spacial score (nSPS) is 14.3. The zero-order chi connectivity index (χ0) is 16.7. The number of ether oxygens (including phenoxy) is 1. The molecular formula is C18H18N2O3. The molecule has 0 fully saturated rings. The summed E-state index contributed by atoms with van der Waals surface area (Å²) in [6.45, 7) is -0.0261. The number of aliphatic hydroxyl groups is 1. The van der Waals surface area contributed by atoms with Crippen LogP contribution >= 0.6 is 0 Å². The molecule has 2 aromatic carbocycles. The van der Waals surface area contributed by atoms with Crippen molar-refractivity contribution in [1.82, 2.24) is 0 Å². The highest BCUT2D eigenvalue weighted by Gasteiger charge is 2.44. The maximum atomic E-state index is 12.1. The third-order valence-electron chi connectivity index (χ3n) is 3.53. The maximum absolute atomic E-state index is 12.1. The van der Waals surface area contributed by atoms with Crippen molar-refractivity contribution in [2.24, 2.45) is 5.73 Å². The van der Waals surface area contributed by atoms with Crippen LogP contribution in [-0.2, 0) is 22.6 Å². The van der Waals surface area contributed by atoms with Gasteiger partial charge in [0.25, 0.3) is 5.60 Å². The van der Waals surface area contributed by atoms with E-state index in [1.54, 1.807) is 30.3 Å². The molecule has 23 heavy (non-hydrogen) atoms. The van der Waals surface area contributed by atoms with Crippen LogP contribution in [0.5, 0.6) is 0 Å². The molecule has 5 nitrogen and oxygen atoms in total. The lowest BCUT2D eigenvalue weighted by Gasteiger charge is -2.25. The van der Waals surface area contributed by atoms with Crippen LogP contribution in [0, 0.1) is 11.3 Å². The Kier molecular flexibility index (Phi) is 5.47. The molecule has 0 aliphatic heterocycles. The van der Waals surface area contributed by atoms with Gasteiger partial charge in [-0.3, -0.25) is 0 Å². The lowest BCUT2D eigenvalue weighted by molar-refractivity contribution is -0.162. The van der Waals surface area contributed by atoms with E-state index in [1.807, 2.05) is 36.4 Å². The molecule has 2 rings (SSSR count). The predicted octanol–water partition coefficient (Wildman–Crippen LogP) is 1.55. The van der Waals surface area contributed by atoms with Gasteiger partial charge in [-0.25, -0.2) is 4.79 Å². The van der Waals surface area contributed by atoms with Crippen LogP contribution in [0.3, 0.4) is 0 Å². The van der Waals surface area contributed by atoms with Crippen LogP contribution in [0.4, 0.5) is 0 Å². The molecule has 0 amide bonds. The van der Waals surface area contributed by atoms with Gasteiger partial charge in [0.15, 0.2) is 0 Å². The second-order valence-corrected chi connectivity index (χ2v) is 5.24. The summed E-state index contributed by atoms with van der Waals surface area (Å²) in [6.07, 6.45) is 0.186. The Morgan fingerprint density at radius 2 is 1.65 bits per heavy atom. The summed E-state index contributed by atoms with van der Waals surface area (Å²) in [5.74, 6) is -1.03. The van der Waals surface area contributed by atoms with Gasteiger partial charge in [0.1, 0.15) is 12.7 Å². The van der Waals surface area contributed by atoms with Crippen molar-refractivity contribution in [2.75, 3.05) is 0 Å². The molecule has 5 heteroatoms. The molecule has 2 atom stereocenters. The Balaban J connectivity index is 2.03. The number of benzene rings is 2. The van der Waals surface area contributed by atoms with Crippen molar-refractivity contribution in [3.8, 4) is 6.07 Å². The van der Waals surface area contributed by atoms with Crippen LogP contribution in [-0.4, -0.2) is 22.7 Å². The van der Waals surface area contributed by atoms with E-state index in [-0.39, 0.29) is 13.0 Å². The van der Waals surface area contributed by atoms with E-state index in [0.717, 1.165) is 11.1 Å². The van der Waals surface area contributed by atoms with Crippen LogP contribution in [0.25, 0.3) is 0 Å². The van der Waals surface area contributed by atoms with Crippen molar-refractivity contribution < 1.29 is 14.6 Å². The number of carbonyl (C=O) groups is 1. The molecule has 0 heterocycles. The average Bonchev–Trinajstić information content (AvgIpc) is 2.60. The third-order valence-corrected chi connectivity index (χ3v) is 3.53. The second kappa shape index (κ2) is 7.54. The van der Waals surface area contributed by atoms with Gasteiger partial charge in [-0.1, -0.05) is 60.7 Å². The van der Waals surface area contributed by atoms with Crippen LogP contribution < -0.4 is 5.73 Å². The van der Waals surface area contributed by atoms with Crippen LogP contribution in [0.1, 0.15) is 11.1 Å². The van der Waals surface area contributed by atoms with E-state index < -0.39 is 17.6 Å². The monoisotopic (exact) mass is 310 g/mol. The third kappa shape index (κ3) is 4.16. The van der Waals surface area contributed by atoms with Crippen molar-refractivity contribution in [2.45, 2.75) is 24.7 Å². The number of hydrogen-bond acceptors (Lipinski definition) is 5. The summed E-state index contributed by atoms with van der Waals surface area (Å²) in [7, 11) is 0. The largest absolute Gasteiger partial charge is 0.458 e. The first kappa shape index (κ1) is 16.7. The number of hydrogen-bond donors (Lipinski definition) is 2. The first-order chi connectivity index (χ1) is 11.1. The van der Waals surface area contributed by atoms with Crippen molar-refractivity contribution in [3.05, 3.63) is 71.8 Å². The average molecular weight is 310 g/mol. The summed E-state index contributed by atoms with van der Waals surface area (Å²) in [6, 6.07) is 18.6. The van der Waals surface area contributed by atoms with E-state index >= 15 is 0 Å². The topological polar surface area (TPSA) is 96.3 Å². The van der Waals surface area contributed by atoms with E-state index in [4.69, 9.17) is 10.5 Å².